The molecule has 2 aromatic rings. The number of fused-ring (bicyclic) bond motifs is 1. The molecule has 0 atom stereocenters. The summed E-state index contributed by atoms with van der Waals surface area (Å²) < 4.78 is 5.27. The summed E-state index contributed by atoms with van der Waals surface area (Å²) in [5.74, 6) is 0.636. The minimum atomic E-state index is -0.0764. The molecule has 20 heavy (non-hydrogen) atoms. The smallest absolute Gasteiger partial charge is 0.157 e. The van der Waals surface area contributed by atoms with Crippen LogP contribution in [-0.4, -0.2) is 27.0 Å². The molecule has 5 nitrogen and oxygen atoms in total. The number of phenolic OH excluding ortho intramolecular Hbond substituents is 4. The van der Waals surface area contributed by atoms with Crippen molar-refractivity contribution in [1.29, 1.82) is 0 Å². The summed E-state index contributed by atoms with van der Waals surface area (Å²) in [7, 11) is 0. The van der Waals surface area contributed by atoms with Crippen LogP contribution in [0.5, 0.6) is 28.7 Å². The van der Waals surface area contributed by atoms with E-state index in [1.807, 2.05) is 0 Å². The van der Waals surface area contributed by atoms with Crippen molar-refractivity contribution >= 4 is 0 Å². The van der Waals surface area contributed by atoms with Gasteiger partial charge in [-0.1, -0.05) is 12.1 Å². The van der Waals surface area contributed by atoms with E-state index in [9.17, 15) is 5.11 Å². The summed E-state index contributed by atoms with van der Waals surface area (Å²) in [6.45, 7) is 0.663. The topological polar surface area (TPSA) is 90.2 Å². The fourth-order valence-corrected chi connectivity index (χ4v) is 1.89. The van der Waals surface area contributed by atoms with Gasteiger partial charge in [-0.25, -0.2) is 0 Å². The van der Waals surface area contributed by atoms with E-state index in [2.05, 4.69) is 0 Å². The van der Waals surface area contributed by atoms with Crippen LogP contribution in [0.4, 0.5) is 0 Å². The van der Waals surface area contributed by atoms with Gasteiger partial charge in [0.25, 0.3) is 0 Å². The van der Waals surface area contributed by atoms with Crippen molar-refractivity contribution in [2.24, 2.45) is 0 Å². The third-order valence-electron chi connectivity index (χ3n) is 2.88. The maximum absolute atomic E-state index is 9.40. The summed E-state index contributed by atoms with van der Waals surface area (Å²) in [5.41, 5.74) is 0.805. The van der Waals surface area contributed by atoms with Crippen molar-refractivity contribution < 1.29 is 25.2 Å². The van der Waals surface area contributed by atoms with Gasteiger partial charge in [-0.2, -0.15) is 0 Å². The number of para-hydroxylation sites is 2. The van der Waals surface area contributed by atoms with Crippen LogP contribution in [-0.2, 0) is 6.42 Å². The Hall–Kier alpha value is -2.56. The van der Waals surface area contributed by atoms with E-state index in [-0.39, 0.29) is 23.0 Å². The summed E-state index contributed by atoms with van der Waals surface area (Å²) in [4.78, 5) is 0. The Morgan fingerprint density at radius 1 is 0.850 bits per heavy atom. The molecule has 0 spiro atoms. The lowest BCUT2D eigenvalue weighted by Gasteiger charge is -2.17. The fourth-order valence-electron chi connectivity index (χ4n) is 1.89. The van der Waals surface area contributed by atoms with E-state index in [0.717, 1.165) is 18.4 Å². The first-order chi connectivity index (χ1) is 9.58. The van der Waals surface area contributed by atoms with E-state index in [0.29, 0.717) is 12.4 Å². The highest BCUT2D eigenvalue weighted by Crippen LogP contribution is 2.35. The molecule has 3 rings (SSSR count). The molecular formula is C15H16O5. The zero-order valence-electron chi connectivity index (χ0n) is 10.8. The molecule has 4 N–H and O–H groups in total. The third-order valence-corrected chi connectivity index (χ3v) is 2.88. The average Bonchev–Trinajstić information content (AvgIpc) is 2.43. The van der Waals surface area contributed by atoms with Crippen LogP contribution < -0.4 is 4.74 Å². The lowest BCUT2D eigenvalue weighted by Crippen LogP contribution is -2.07. The van der Waals surface area contributed by atoms with Gasteiger partial charge < -0.3 is 25.2 Å². The minimum absolute atomic E-state index is 0.0492. The molecule has 0 amide bonds. The van der Waals surface area contributed by atoms with E-state index >= 15 is 0 Å². The molecular weight excluding hydrogens is 260 g/mol. The molecule has 0 saturated carbocycles. The second-order valence-corrected chi connectivity index (χ2v) is 4.38. The monoisotopic (exact) mass is 276 g/mol. The Morgan fingerprint density at radius 2 is 1.50 bits per heavy atom. The highest BCUT2D eigenvalue weighted by molar-refractivity contribution is 5.50. The lowest BCUT2D eigenvalue weighted by molar-refractivity contribution is 0.281. The number of rotatable bonds is 0. The molecule has 0 aromatic heterocycles. The predicted octanol–water partition coefficient (Wildman–Crippen LogP) is 2.52. The summed E-state index contributed by atoms with van der Waals surface area (Å²) in [6.07, 6.45) is 1.74. The molecule has 0 aliphatic carbocycles. The summed E-state index contributed by atoms with van der Waals surface area (Å²) >= 11 is 0. The van der Waals surface area contributed by atoms with Gasteiger partial charge >= 0.3 is 0 Å². The quantitative estimate of drug-likeness (QED) is 0.555. The largest absolute Gasteiger partial charge is 0.508 e. The Balaban J connectivity index is 0.000000160. The molecule has 2 aromatic carbocycles. The van der Waals surface area contributed by atoms with Crippen LogP contribution in [0.2, 0.25) is 0 Å². The van der Waals surface area contributed by atoms with Gasteiger partial charge in [0.2, 0.25) is 0 Å². The molecule has 0 radical (unpaired) electrons. The first kappa shape index (κ1) is 13.9. The molecule has 0 unspecified atom stereocenters. The molecule has 0 bridgehead atoms. The van der Waals surface area contributed by atoms with Crippen LogP contribution in [0.25, 0.3) is 0 Å². The van der Waals surface area contributed by atoms with E-state index < -0.39 is 0 Å². The molecule has 5 heteroatoms. The Bertz CT molecular complexity index is 574. The zero-order valence-corrected chi connectivity index (χ0v) is 10.8. The van der Waals surface area contributed by atoms with Crippen molar-refractivity contribution in [3.63, 3.8) is 0 Å². The minimum Gasteiger partial charge on any atom is -0.508 e. The summed E-state index contributed by atoms with van der Waals surface area (Å²) in [5, 5.41) is 35.9. The van der Waals surface area contributed by atoms with Crippen molar-refractivity contribution in [1.82, 2.24) is 0 Å². The van der Waals surface area contributed by atoms with E-state index in [4.69, 9.17) is 20.1 Å². The van der Waals surface area contributed by atoms with Crippen LogP contribution >= 0.6 is 0 Å². The highest BCUT2D eigenvalue weighted by atomic mass is 16.5. The van der Waals surface area contributed by atoms with Crippen LogP contribution in [0.15, 0.2) is 36.4 Å². The lowest BCUT2D eigenvalue weighted by atomic mass is 10.1. The summed E-state index contributed by atoms with van der Waals surface area (Å²) in [6, 6.07) is 9.02. The number of ether oxygens (including phenoxy) is 1. The fraction of sp³-hybridized carbons (Fsp3) is 0.200. The van der Waals surface area contributed by atoms with E-state index in [1.165, 1.54) is 24.3 Å². The van der Waals surface area contributed by atoms with Gasteiger partial charge in [0, 0.05) is 17.7 Å². The molecule has 1 aliphatic rings. The first-order valence-electron chi connectivity index (χ1n) is 6.22. The molecule has 106 valence electrons. The Labute approximate surface area is 116 Å². The normalized spacial score (nSPS) is 12.6. The third kappa shape index (κ3) is 3.26. The maximum atomic E-state index is 9.40. The highest BCUT2D eigenvalue weighted by Gasteiger charge is 2.15. The zero-order chi connectivity index (χ0) is 14.5. The van der Waals surface area contributed by atoms with Gasteiger partial charge in [-0.3, -0.25) is 0 Å². The van der Waals surface area contributed by atoms with Crippen LogP contribution in [0.3, 0.4) is 0 Å². The van der Waals surface area contributed by atoms with Crippen molar-refractivity contribution in [2.75, 3.05) is 6.61 Å². The van der Waals surface area contributed by atoms with Crippen molar-refractivity contribution in [2.45, 2.75) is 12.8 Å². The average molecular weight is 276 g/mol. The second kappa shape index (κ2) is 6.06. The van der Waals surface area contributed by atoms with Gasteiger partial charge in [-0.15, -0.1) is 0 Å². The van der Waals surface area contributed by atoms with Crippen molar-refractivity contribution in [3.05, 3.63) is 42.0 Å². The number of benzene rings is 2. The maximum Gasteiger partial charge on any atom is 0.157 e. The SMILES string of the molecule is Oc1cc(O)c2c(c1)OCCC2.Oc1ccccc1O. The molecule has 0 fully saturated rings. The van der Waals surface area contributed by atoms with Crippen LogP contribution in [0, 0.1) is 0 Å². The Kier molecular flexibility index (Phi) is 4.20. The Morgan fingerprint density at radius 3 is 2.10 bits per heavy atom. The van der Waals surface area contributed by atoms with Crippen LogP contribution in [0.1, 0.15) is 12.0 Å². The van der Waals surface area contributed by atoms with Gasteiger partial charge in [0.1, 0.15) is 17.2 Å². The predicted molar refractivity (Wildman–Crippen MR) is 73.4 cm³/mol. The van der Waals surface area contributed by atoms with Gasteiger partial charge in [0.05, 0.1) is 6.61 Å². The number of hydrogen-bond acceptors (Lipinski definition) is 5. The van der Waals surface area contributed by atoms with Gasteiger partial charge in [-0.05, 0) is 25.0 Å². The molecule has 0 saturated heterocycles. The molecule has 1 heterocycles. The second-order valence-electron chi connectivity index (χ2n) is 4.38. The number of hydrogen-bond donors (Lipinski definition) is 4. The molecule has 1 aliphatic heterocycles. The van der Waals surface area contributed by atoms with Crippen molar-refractivity contribution in [3.8, 4) is 28.7 Å². The van der Waals surface area contributed by atoms with Gasteiger partial charge in [0.15, 0.2) is 11.5 Å². The van der Waals surface area contributed by atoms with E-state index in [1.54, 1.807) is 12.1 Å². The first-order valence-corrected chi connectivity index (χ1v) is 6.22. The number of phenols is 4. The standard InChI is InChI=1S/C9H10O3.C6H6O2/c10-6-4-8(11)7-2-1-3-12-9(7)5-6;7-5-3-1-2-4-6(5)8/h4-5,10-11H,1-3H2;1-4,7-8H. The number of aromatic hydroxyl groups is 4.